The Kier molecular flexibility index (Phi) is 2.92. The molecule has 4 fully saturated rings. The molecule has 0 aromatic heterocycles. The van der Waals surface area contributed by atoms with Gasteiger partial charge in [0.15, 0.2) is 0 Å². The van der Waals surface area contributed by atoms with E-state index in [9.17, 15) is 0 Å². The number of nitrogens with one attached hydrogen (secondary N) is 1. The van der Waals surface area contributed by atoms with Crippen molar-refractivity contribution < 1.29 is 4.74 Å². The third kappa shape index (κ3) is 1.76. The first kappa shape index (κ1) is 11.7. The normalized spacial score (nSPS) is 53.5. The highest BCUT2D eigenvalue weighted by atomic mass is 16.5. The molecule has 2 nitrogen and oxygen atoms in total. The maximum atomic E-state index is 5.66. The Labute approximate surface area is 111 Å². The minimum Gasteiger partial charge on any atom is -0.378 e. The molecule has 0 spiro atoms. The van der Waals surface area contributed by atoms with Crippen molar-refractivity contribution in [3.8, 4) is 0 Å². The molecule has 0 saturated heterocycles. The smallest absolute Gasteiger partial charge is 0.0604 e. The molecule has 0 aromatic carbocycles. The maximum absolute atomic E-state index is 5.66. The molecule has 0 aliphatic heterocycles. The van der Waals surface area contributed by atoms with Gasteiger partial charge in [-0.2, -0.15) is 0 Å². The van der Waals surface area contributed by atoms with Crippen molar-refractivity contribution in [3.05, 3.63) is 0 Å². The molecule has 0 radical (unpaired) electrons. The van der Waals surface area contributed by atoms with Gasteiger partial charge in [-0.1, -0.05) is 6.42 Å². The van der Waals surface area contributed by atoms with Gasteiger partial charge >= 0.3 is 0 Å². The molecular weight excluding hydrogens is 222 g/mol. The van der Waals surface area contributed by atoms with Gasteiger partial charge in [-0.05, 0) is 69.1 Å². The van der Waals surface area contributed by atoms with Gasteiger partial charge in [0.05, 0.1) is 6.10 Å². The lowest BCUT2D eigenvalue weighted by molar-refractivity contribution is -0.0154. The molecule has 4 rings (SSSR count). The van der Waals surface area contributed by atoms with Crippen LogP contribution >= 0.6 is 0 Å². The van der Waals surface area contributed by atoms with Gasteiger partial charge < -0.3 is 10.1 Å². The van der Waals surface area contributed by atoms with Crippen LogP contribution in [0.25, 0.3) is 0 Å². The first-order chi connectivity index (χ1) is 8.85. The molecule has 18 heavy (non-hydrogen) atoms. The first-order valence-electron chi connectivity index (χ1n) is 8.22. The van der Waals surface area contributed by atoms with Crippen LogP contribution in [-0.4, -0.2) is 24.8 Å². The van der Waals surface area contributed by atoms with Crippen LogP contribution < -0.4 is 5.32 Å². The van der Waals surface area contributed by atoms with E-state index in [1.165, 1.54) is 32.1 Å². The minimum absolute atomic E-state index is 0.560. The predicted octanol–water partition coefficient (Wildman–Crippen LogP) is 2.97. The Hall–Kier alpha value is -0.0800. The SMILES string of the molecule is CCOC1CC(NC2CC3CC2C2CCCC32)C1. The molecule has 0 heterocycles. The Morgan fingerprint density at radius 1 is 1.00 bits per heavy atom. The standard InChI is InChI=1S/C16H27NO/c1-2-18-12-8-11(9-12)17-16-7-10-6-15(16)14-5-3-4-13(10)14/h10-17H,2-9H2,1H3. The Bertz CT molecular complexity index is 312. The molecule has 4 saturated carbocycles. The summed E-state index contributed by atoms with van der Waals surface area (Å²) in [6.07, 6.45) is 10.7. The van der Waals surface area contributed by atoms with Crippen LogP contribution in [0.5, 0.6) is 0 Å². The van der Waals surface area contributed by atoms with Crippen molar-refractivity contribution >= 4 is 0 Å². The van der Waals surface area contributed by atoms with Crippen molar-refractivity contribution in [1.29, 1.82) is 0 Å². The van der Waals surface area contributed by atoms with Gasteiger partial charge in [-0.3, -0.25) is 0 Å². The summed E-state index contributed by atoms with van der Waals surface area (Å²) >= 11 is 0. The van der Waals surface area contributed by atoms with Crippen molar-refractivity contribution in [3.63, 3.8) is 0 Å². The van der Waals surface area contributed by atoms with Crippen LogP contribution in [0.15, 0.2) is 0 Å². The molecule has 4 aliphatic carbocycles. The third-order valence-electron chi connectivity index (χ3n) is 6.38. The number of ether oxygens (including phenoxy) is 1. The van der Waals surface area contributed by atoms with Crippen LogP contribution in [0.1, 0.15) is 51.9 Å². The lowest BCUT2D eigenvalue weighted by atomic mass is 9.78. The predicted molar refractivity (Wildman–Crippen MR) is 72.4 cm³/mol. The molecule has 2 bridgehead atoms. The molecule has 5 atom stereocenters. The quantitative estimate of drug-likeness (QED) is 0.827. The summed E-state index contributed by atoms with van der Waals surface area (Å²) < 4.78 is 5.66. The second-order valence-corrected chi connectivity index (χ2v) is 7.17. The van der Waals surface area contributed by atoms with E-state index in [2.05, 4.69) is 12.2 Å². The minimum atomic E-state index is 0.560. The number of rotatable bonds is 4. The summed E-state index contributed by atoms with van der Waals surface area (Å²) in [5, 5.41) is 3.97. The topological polar surface area (TPSA) is 21.3 Å². The molecule has 0 aromatic rings. The summed E-state index contributed by atoms with van der Waals surface area (Å²) in [7, 11) is 0. The van der Waals surface area contributed by atoms with Crippen LogP contribution in [0.4, 0.5) is 0 Å². The van der Waals surface area contributed by atoms with Crippen LogP contribution in [0.3, 0.4) is 0 Å². The summed E-state index contributed by atoms with van der Waals surface area (Å²) in [5.74, 6) is 4.35. The zero-order chi connectivity index (χ0) is 12.1. The Morgan fingerprint density at radius 2 is 1.83 bits per heavy atom. The lowest BCUT2D eigenvalue weighted by Crippen LogP contribution is -2.52. The van der Waals surface area contributed by atoms with Crippen LogP contribution in [0.2, 0.25) is 0 Å². The highest BCUT2D eigenvalue weighted by Crippen LogP contribution is 2.58. The average Bonchev–Trinajstić information content (AvgIpc) is 2.97. The summed E-state index contributed by atoms with van der Waals surface area (Å²) in [4.78, 5) is 0. The van der Waals surface area contributed by atoms with Gasteiger partial charge in [-0.15, -0.1) is 0 Å². The van der Waals surface area contributed by atoms with Crippen molar-refractivity contribution in [1.82, 2.24) is 5.32 Å². The lowest BCUT2D eigenvalue weighted by Gasteiger charge is -2.41. The number of hydrogen-bond donors (Lipinski definition) is 1. The largest absolute Gasteiger partial charge is 0.378 e. The Balaban J connectivity index is 1.30. The highest BCUT2D eigenvalue weighted by Gasteiger charge is 2.54. The fourth-order valence-corrected chi connectivity index (χ4v) is 5.64. The van der Waals surface area contributed by atoms with E-state index in [0.717, 1.165) is 42.4 Å². The Morgan fingerprint density at radius 3 is 2.67 bits per heavy atom. The van der Waals surface area contributed by atoms with Gasteiger partial charge in [-0.25, -0.2) is 0 Å². The van der Waals surface area contributed by atoms with Crippen LogP contribution in [-0.2, 0) is 4.74 Å². The van der Waals surface area contributed by atoms with Crippen molar-refractivity contribution in [2.24, 2.45) is 23.7 Å². The van der Waals surface area contributed by atoms with Crippen molar-refractivity contribution in [2.45, 2.75) is 70.1 Å². The molecule has 4 aliphatic rings. The zero-order valence-corrected chi connectivity index (χ0v) is 11.6. The summed E-state index contributed by atoms with van der Waals surface area (Å²) in [6.45, 7) is 2.99. The summed E-state index contributed by atoms with van der Waals surface area (Å²) in [6, 6.07) is 1.63. The highest BCUT2D eigenvalue weighted by molar-refractivity contribution is 5.06. The molecule has 0 amide bonds. The molecule has 102 valence electrons. The van der Waals surface area contributed by atoms with Gasteiger partial charge in [0, 0.05) is 18.7 Å². The number of hydrogen-bond acceptors (Lipinski definition) is 2. The molecule has 2 heteroatoms. The number of fused-ring (bicyclic) bond motifs is 5. The fraction of sp³-hybridized carbons (Fsp3) is 1.00. The van der Waals surface area contributed by atoms with Gasteiger partial charge in [0.25, 0.3) is 0 Å². The van der Waals surface area contributed by atoms with E-state index in [1.807, 2.05) is 0 Å². The third-order valence-corrected chi connectivity index (χ3v) is 6.38. The van der Waals surface area contributed by atoms with E-state index < -0.39 is 0 Å². The monoisotopic (exact) mass is 249 g/mol. The average molecular weight is 249 g/mol. The van der Waals surface area contributed by atoms with Crippen molar-refractivity contribution in [2.75, 3.05) is 6.61 Å². The molecular formula is C16H27NO. The van der Waals surface area contributed by atoms with Gasteiger partial charge in [0.1, 0.15) is 0 Å². The van der Waals surface area contributed by atoms with E-state index in [0.29, 0.717) is 6.10 Å². The zero-order valence-electron chi connectivity index (χ0n) is 11.6. The van der Waals surface area contributed by atoms with Gasteiger partial charge in [0.2, 0.25) is 0 Å². The summed E-state index contributed by atoms with van der Waals surface area (Å²) in [5.41, 5.74) is 0. The van der Waals surface area contributed by atoms with E-state index >= 15 is 0 Å². The fourth-order valence-electron chi connectivity index (χ4n) is 5.64. The maximum Gasteiger partial charge on any atom is 0.0604 e. The second kappa shape index (κ2) is 4.49. The first-order valence-corrected chi connectivity index (χ1v) is 8.22. The van der Waals surface area contributed by atoms with E-state index in [4.69, 9.17) is 4.74 Å². The second-order valence-electron chi connectivity index (χ2n) is 7.17. The molecule has 5 unspecified atom stereocenters. The van der Waals surface area contributed by atoms with Crippen LogP contribution in [0, 0.1) is 23.7 Å². The van der Waals surface area contributed by atoms with E-state index in [-0.39, 0.29) is 0 Å². The molecule has 1 N–H and O–H groups in total. The van der Waals surface area contributed by atoms with E-state index in [1.54, 1.807) is 12.8 Å².